The minimum absolute atomic E-state index is 0.0876. The first-order chi connectivity index (χ1) is 9.74. The van der Waals surface area contributed by atoms with Gasteiger partial charge in [0.25, 0.3) is 5.91 Å². The Morgan fingerprint density at radius 3 is 3.05 bits per heavy atom. The summed E-state index contributed by atoms with van der Waals surface area (Å²) in [5.41, 5.74) is 4.59. The second kappa shape index (κ2) is 5.77. The fourth-order valence-corrected chi connectivity index (χ4v) is 3.22. The lowest BCUT2D eigenvalue weighted by Gasteiger charge is -2.20. The summed E-state index contributed by atoms with van der Waals surface area (Å²) in [6.07, 6.45) is 1.05. The molecule has 0 radical (unpaired) electrons. The Labute approximate surface area is 123 Å². The molecule has 1 N–H and O–H groups in total. The first-order valence-electron chi connectivity index (χ1n) is 6.83. The van der Waals surface area contributed by atoms with Crippen LogP contribution in [0.25, 0.3) is 0 Å². The van der Waals surface area contributed by atoms with Gasteiger partial charge in [0.2, 0.25) is 0 Å². The molecule has 0 bridgehead atoms. The number of nitrogens with one attached hydrogen (secondary N) is 1. The van der Waals surface area contributed by atoms with Crippen molar-refractivity contribution in [3.63, 3.8) is 0 Å². The lowest BCUT2D eigenvalue weighted by Crippen LogP contribution is -2.27. The maximum atomic E-state index is 12.5. The van der Waals surface area contributed by atoms with Crippen molar-refractivity contribution in [2.75, 3.05) is 13.6 Å². The Balaban J connectivity index is 1.76. The lowest BCUT2D eigenvalue weighted by molar-refractivity contribution is 0.0785. The molecule has 3 rings (SSSR count). The molecule has 0 saturated carbocycles. The molecule has 2 heterocycles. The van der Waals surface area contributed by atoms with Crippen molar-refractivity contribution in [2.24, 2.45) is 0 Å². The number of thiophene rings is 1. The third-order valence-corrected chi connectivity index (χ3v) is 4.42. The van der Waals surface area contributed by atoms with E-state index in [0.29, 0.717) is 6.54 Å². The Morgan fingerprint density at radius 1 is 1.35 bits per heavy atom. The van der Waals surface area contributed by atoms with Crippen LogP contribution in [0.2, 0.25) is 0 Å². The van der Waals surface area contributed by atoms with Gasteiger partial charge >= 0.3 is 0 Å². The number of benzene rings is 1. The van der Waals surface area contributed by atoms with E-state index in [1.54, 1.807) is 16.2 Å². The first kappa shape index (κ1) is 13.3. The van der Waals surface area contributed by atoms with Gasteiger partial charge in [-0.2, -0.15) is 11.3 Å². The fraction of sp³-hybridized carbons (Fsp3) is 0.312. The van der Waals surface area contributed by atoms with Crippen LogP contribution in [0.3, 0.4) is 0 Å². The van der Waals surface area contributed by atoms with Crippen LogP contribution in [0.1, 0.15) is 27.0 Å². The van der Waals surface area contributed by atoms with Gasteiger partial charge < -0.3 is 10.2 Å². The zero-order valence-corrected chi connectivity index (χ0v) is 12.4. The average Bonchev–Trinajstić information content (AvgIpc) is 2.99. The van der Waals surface area contributed by atoms with Crippen molar-refractivity contribution in [1.29, 1.82) is 0 Å². The molecule has 0 aliphatic carbocycles. The van der Waals surface area contributed by atoms with E-state index >= 15 is 0 Å². The molecule has 1 aromatic heterocycles. The van der Waals surface area contributed by atoms with Crippen molar-refractivity contribution in [3.8, 4) is 0 Å². The molecule has 2 aromatic rings. The summed E-state index contributed by atoms with van der Waals surface area (Å²) in [5, 5.41) is 7.47. The summed E-state index contributed by atoms with van der Waals surface area (Å²) in [5.74, 6) is 0.0876. The number of fused-ring (bicyclic) bond motifs is 1. The molecule has 3 nitrogen and oxygen atoms in total. The highest BCUT2D eigenvalue weighted by atomic mass is 32.1. The maximum absolute atomic E-state index is 12.5. The molecule has 1 aliphatic rings. The zero-order valence-electron chi connectivity index (χ0n) is 11.6. The number of nitrogens with zero attached hydrogens (tertiary/aromatic N) is 1. The van der Waals surface area contributed by atoms with Crippen molar-refractivity contribution >= 4 is 17.2 Å². The van der Waals surface area contributed by atoms with Gasteiger partial charge in [-0.15, -0.1) is 0 Å². The molecule has 0 saturated heterocycles. The van der Waals surface area contributed by atoms with Crippen LogP contribution in [0.15, 0.2) is 35.0 Å². The maximum Gasteiger partial charge on any atom is 0.253 e. The minimum atomic E-state index is 0.0876. The summed E-state index contributed by atoms with van der Waals surface area (Å²) >= 11 is 1.66. The van der Waals surface area contributed by atoms with E-state index in [1.165, 1.54) is 16.7 Å². The molecule has 4 heteroatoms. The van der Waals surface area contributed by atoms with E-state index in [0.717, 1.165) is 25.1 Å². The van der Waals surface area contributed by atoms with Gasteiger partial charge in [-0.25, -0.2) is 0 Å². The number of rotatable bonds is 3. The van der Waals surface area contributed by atoms with Crippen molar-refractivity contribution in [2.45, 2.75) is 19.5 Å². The summed E-state index contributed by atoms with van der Waals surface area (Å²) in [7, 11) is 1.86. The average molecular weight is 286 g/mol. The third-order valence-electron chi connectivity index (χ3n) is 3.69. The lowest BCUT2D eigenvalue weighted by atomic mass is 9.98. The molecule has 0 unspecified atom stereocenters. The number of hydrogen-bond donors (Lipinski definition) is 1. The third kappa shape index (κ3) is 2.76. The van der Waals surface area contributed by atoms with Crippen LogP contribution < -0.4 is 5.32 Å². The monoisotopic (exact) mass is 286 g/mol. The molecular formula is C16H18N2OS. The van der Waals surface area contributed by atoms with Crippen LogP contribution >= 0.6 is 11.3 Å². The Hall–Kier alpha value is -1.65. The largest absolute Gasteiger partial charge is 0.337 e. The molecule has 104 valence electrons. The molecular weight excluding hydrogens is 268 g/mol. The van der Waals surface area contributed by atoms with Gasteiger partial charge in [0, 0.05) is 25.7 Å². The topological polar surface area (TPSA) is 32.3 Å². The van der Waals surface area contributed by atoms with Crippen LogP contribution in [-0.4, -0.2) is 24.4 Å². The van der Waals surface area contributed by atoms with Crippen molar-refractivity contribution in [3.05, 3.63) is 57.3 Å². The molecule has 0 spiro atoms. The number of carbonyl (C=O) groups is 1. The first-order valence-corrected chi connectivity index (χ1v) is 7.77. The number of carbonyl (C=O) groups excluding carboxylic acids is 1. The SMILES string of the molecule is CN(Cc1ccsc1)C(=O)c1ccc2c(c1)CNCC2. The van der Waals surface area contributed by atoms with E-state index < -0.39 is 0 Å². The van der Waals surface area contributed by atoms with Crippen LogP contribution in [0, 0.1) is 0 Å². The van der Waals surface area contributed by atoms with Gasteiger partial charge in [0.15, 0.2) is 0 Å². The van der Waals surface area contributed by atoms with E-state index in [1.807, 2.05) is 24.6 Å². The standard InChI is InChI=1S/C16H18N2OS/c1-18(10-12-5-7-20-11-12)16(19)14-3-2-13-4-6-17-9-15(13)8-14/h2-3,5,7-8,11,17H,4,6,9-10H2,1H3. The van der Waals surface area contributed by atoms with Crippen LogP contribution in [0.4, 0.5) is 0 Å². The van der Waals surface area contributed by atoms with Crippen LogP contribution in [-0.2, 0) is 19.5 Å². The van der Waals surface area contributed by atoms with E-state index in [2.05, 4.69) is 22.8 Å². The van der Waals surface area contributed by atoms with Gasteiger partial charge in [-0.1, -0.05) is 6.07 Å². The highest BCUT2D eigenvalue weighted by Crippen LogP contribution is 2.18. The van der Waals surface area contributed by atoms with Gasteiger partial charge in [-0.05, 0) is 58.6 Å². The van der Waals surface area contributed by atoms with Crippen LogP contribution in [0.5, 0.6) is 0 Å². The molecule has 0 fully saturated rings. The Kier molecular flexibility index (Phi) is 3.85. The van der Waals surface area contributed by atoms with E-state index in [9.17, 15) is 4.79 Å². The summed E-state index contributed by atoms with van der Waals surface area (Å²) in [4.78, 5) is 14.2. The molecule has 1 amide bonds. The van der Waals surface area contributed by atoms with E-state index in [-0.39, 0.29) is 5.91 Å². The van der Waals surface area contributed by atoms with Gasteiger partial charge in [-0.3, -0.25) is 4.79 Å². The fourth-order valence-electron chi connectivity index (χ4n) is 2.56. The normalized spacial score (nSPS) is 13.8. The van der Waals surface area contributed by atoms with E-state index in [4.69, 9.17) is 0 Å². The van der Waals surface area contributed by atoms with Gasteiger partial charge in [0.05, 0.1) is 0 Å². The quantitative estimate of drug-likeness (QED) is 0.941. The number of amides is 1. The summed E-state index contributed by atoms with van der Waals surface area (Å²) < 4.78 is 0. The zero-order chi connectivity index (χ0) is 13.9. The van der Waals surface area contributed by atoms with Gasteiger partial charge in [0.1, 0.15) is 0 Å². The van der Waals surface area contributed by atoms with Crippen molar-refractivity contribution < 1.29 is 4.79 Å². The smallest absolute Gasteiger partial charge is 0.253 e. The molecule has 20 heavy (non-hydrogen) atoms. The predicted molar refractivity (Wildman–Crippen MR) is 82.0 cm³/mol. The summed E-state index contributed by atoms with van der Waals surface area (Å²) in [6, 6.07) is 8.15. The second-order valence-corrected chi connectivity index (χ2v) is 5.98. The molecule has 0 atom stereocenters. The predicted octanol–water partition coefficient (Wildman–Crippen LogP) is 2.67. The highest BCUT2D eigenvalue weighted by molar-refractivity contribution is 7.07. The Bertz CT molecular complexity index is 607. The Morgan fingerprint density at radius 2 is 2.25 bits per heavy atom. The minimum Gasteiger partial charge on any atom is -0.337 e. The number of hydrogen-bond acceptors (Lipinski definition) is 3. The molecule has 1 aromatic carbocycles. The summed E-state index contributed by atoms with van der Waals surface area (Å²) in [6.45, 7) is 2.56. The highest BCUT2D eigenvalue weighted by Gasteiger charge is 2.15. The van der Waals surface area contributed by atoms with Crippen molar-refractivity contribution in [1.82, 2.24) is 10.2 Å². The second-order valence-electron chi connectivity index (χ2n) is 5.20. The molecule has 1 aliphatic heterocycles.